The number of ether oxygens (including phenoxy) is 2. The van der Waals surface area contributed by atoms with E-state index in [-0.39, 0.29) is 11.7 Å². The molecule has 1 amide bonds. The summed E-state index contributed by atoms with van der Waals surface area (Å²) in [6.07, 6.45) is 1.35. The zero-order chi connectivity index (χ0) is 19.1. The standard InChI is InChI=1S/C18H20BrN3O4/c1-11(21-14-4-6-15(25-2)7-5-14)18(24)22-20-10-12-8-13(19)9-16(26-3)17(12)23/h4-11,21,23H,1-3H3,(H,22,24)/b20-10-/t11-/m0/s1. The number of nitrogens with one attached hydrogen (secondary N) is 2. The highest BCUT2D eigenvalue weighted by Gasteiger charge is 2.12. The Morgan fingerprint density at radius 3 is 2.54 bits per heavy atom. The summed E-state index contributed by atoms with van der Waals surface area (Å²) in [5, 5.41) is 17.0. The molecule has 0 fully saturated rings. The van der Waals surface area contributed by atoms with Gasteiger partial charge < -0.3 is 19.9 Å². The Labute approximate surface area is 160 Å². The second-order valence-electron chi connectivity index (χ2n) is 5.37. The third-order valence-electron chi connectivity index (χ3n) is 3.53. The van der Waals surface area contributed by atoms with Crippen LogP contribution in [0.4, 0.5) is 5.69 Å². The smallest absolute Gasteiger partial charge is 0.262 e. The number of halogens is 1. The Bertz CT molecular complexity index is 794. The van der Waals surface area contributed by atoms with E-state index in [1.54, 1.807) is 38.3 Å². The van der Waals surface area contributed by atoms with Gasteiger partial charge in [-0.3, -0.25) is 4.79 Å². The number of amides is 1. The van der Waals surface area contributed by atoms with Gasteiger partial charge in [-0.15, -0.1) is 0 Å². The summed E-state index contributed by atoms with van der Waals surface area (Å²) in [5.41, 5.74) is 3.63. The van der Waals surface area contributed by atoms with Gasteiger partial charge in [-0.1, -0.05) is 15.9 Å². The molecule has 8 heteroatoms. The zero-order valence-electron chi connectivity index (χ0n) is 14.6. The normalized spacial score (nSPS) is 11.8. The average Bonchev–Trinajstić information content (AvgIpc) is 2.64. The third-order valence-corrected chi connectivity index (χ3v) is 3.99. The number of phenolic OH excluding ortho intramolecular Hbond substituents is 1. The fourth-order valence-electron chi connectivity index (χ4n) is 2.11. The highest BCUT2D eigenvalue weighted by atomic mass is 79.9. The Morgan fingerprint density at radius 1 is 1.23 bits per heavy atom. The Morgan fingerprint density at radius 2 is 1.92 bits per heavy atom. The molecule has 0 aliphatic rings. The minimum absolute atomic E-state index is 0.0573. The van der Waals surface area contributed by atoms with E-state index in [1.165, 1.54) is 13.3 Å². The van der Waals surface area contributed by atoms with Gasteiger partial charge in [-0.2, -0.15) is 5.10 Å². The Balaban J connectivity index is 1.96. The topological polar surface area (TPSA) is 92.2 Å². The monoisotopic (exact) mass is 421 g/mol. The van der Waals surface area contributed by atoms with Crippen molar-refractivity contribution in [1.82, 2.24) is 5.43 Å². The molecule has 26 heavy (non-hydrogen) atoms. The minimum Gasteiger partial charge on any atom is -0.504 e. The van der Waals surface area contributed by atoms with E-state index < -0.39 is 6.04 Å². The summed E-state index contributed by atoms with van der Waals surface area (Å²) in [7, 11) is 3.05. The fourth-order valence-corrected chi connectivity index (χ4v) is 2.57. The second-order valence-corrected chi connectivity index (χ2v) is 6.29. The molecule has 0 bridgehead atoms. The van der Waals surface area contributed by atoms with E-state index >= 15 is 0 Å². The molecule has 0 aromatic heterocycles. The number of carbonyl (C=O) groups excluding carboxylic acids is 1. The fraction of sp³-hybridized carbons (Fsp3) is 0.222. The number of aromatic hydroxyl groups is 1. The predicted octanol–water partition coefficient (Wildman–Crippen LogP) is 3.12. The van der Waals surface area contributed by atoms with Crippen molar-refractivity contribution < 1.29 is 19.4 Å². The largest absolute Gasteiger partial charge is 0.504 e. The number of hydrazone groups is 1. The number of carbonyl (C=O) groups is 1. The predicted molar refractivity (Wildman–Crippen MR) is 104 cm³/mol. The molecule has 2 aromatic rings. The van der Waals surface area contributed by atoms with Crippen LogP contribution in [0.5, 0.6) is 17.2 Å². The molecule has 0 spiro atoms. The molecule has 2 aromatic carbocycles. The van der Waals surface area contributed by atoms with Gasteiger partial charge in [-0.05, 0) is 43.3 Å². The minimum atomic E-state index is -0.508. The van der Waals surface area contributed by atoms with Crippen LogP contribution in [0.25, 0.3) is 0 Å². The van der Waals surface area contributed by atoms with Crippen molar-refractivity contribution in [3.63, 3.8) is 0 Å². The lowest BCUT2D eigenvalue weighted by atomic mass is 10.2. The summed E-state index contributed by atoms with van der Waals surface area (Å²) in [6, 6.07) is 10.0. The molecular formula is C18H20BrN3O4. The number of hydrogen-bond acceptors (Lipinski definition) is 6. The van der Waals surface area contributed by atoms with Crippen LogP contribution in [0.15, 0.2) is 46.0 Å². The van der Waals surface area contributed by atoms with Crippen LogP contribution in [0.2, 0.25) is 0 Å². The number of benzene rings is 2. The number of hydrogen-bond donors (Lipinski definition) is 3. The summed E-state index contributed by atoms with van der Waals surface area (Å²) in [5.74, 6) is 0.667. The van der Waals surface area contributed by atoms with Crippen LogP contribution in [0, 0.1) is 0 Å². The Hall–Kier alpha value is -2.74. The highest BCUT2D eigenvalue weighted by Crippen LogP contribution is 2.32. The molecule has 0 heterocycles. The SMILES string of the molecule is COc1ccc(N[C@@H](C)C(=O)N/N=C\c2cc(Br)cc(OC)c2O)cc1. The van der Waals surface area contributed by atoms with Crippen molar-refractivity contribution in [2.45, 2.75) is 13.0 Å². The molecule has 0 aliphatic carbocycles. The van der Waals surface area contributed by atoms with Crippen LogP contribution < -0.4 is 20.2 Å². The van der Waals surface area contributed by atoms with Crippen molar-refractivity contribution in [2.75, 3.05) is 19.5 Å². The summed E-state index contributed by atoms with van der Waals surface area (Å²) < 4.78 is 10.9. The highest BCUT2D eigenvalue weighted by molar-refractivity contribution is 9.10. The lowest BCUT2D eigenvalue weighted by Crippen LogP contribution is -2.34. The second kappa shape index (κ2) is 9.10. The van der Waals surface area contributed by atoms with E-state index in [9.17, 15) is 9.90 Å². The maximum Gasteiger partial charge on any atom is 0.262 e. The maximum atomic E-state index is 12.1. The van der Waals surface area contributed by atoms with Gasteiger partial charge in [0.2, 0.25) is 0 Å². The van der Waals surface area contributed by atoms with Crippen LogP contribution in [-0.2, 0) is 4.79 Å². The van der Waals surface area contributed by atoms with E-state index in [0.29, 0.717) is 11.3 Å². The molecule has 1 atom stereocenters. The van der Waals surface area contributed by atoms with E-state index in [1.807, 2.05) is 12.1 Å². The molecule has 7 nitrogen and oxygen atoms in total. The molecule has 0 aliphatic heterocycles. The van der Waals surface area contributed by atoms with Gasteiger partial charge in [0.05, 0.1) is 20.4 Å². The van der Waals surface area contributed by atoms with Gasteiger partial charge in [0, 0.05) is 15.7 Å². The lowest BCUT2D eigenvalue weighted by Gasteiger charge is -2.13. The summed E-state index contributed by atoms with van der Waals surface area (Å²) >= 11 is 3.32. The van der Waals surface area contributed by atoms with E-state index in [2.05, 4.69) is 31.8 Å². The van der Waals surface area contributed by atoms with Crippen molar-refractivity contribution in [3.8, 4) is 17.2 Å². The Kier molecular flexibility index (Phi) is 6.85. The molecule has 0 saturated heterocycles. The number of phenols is 1. The van der Waals surface area contributed by atoms with E-state index in [0.717, 1.165) is 15.9 Å². The average molecular weight is 422 g/mol. The lowest BCUT2D eigenvalue weighted by molar-refractivity contribution is -0.121. The summed E-state index contributed by atoms with van der Waals surface area (Å²) in [4.78, 5) is 12.1. The number of rotatable bonds is 7. The number of nitrogens with zero attached hydrogens (tertiary/aromatic N) is 1. The first-order valence-electron chi connectivity index (χ1n) is 7.74. The quantitative estimate of drug-likeness (QED) is 0.471. The van der Waals surface area contributed by atoms with Gasteiger partial charge >= 0.3 is 0 Å². The maximum absolute atomic E-state index is 12.1. The number of anilines is 1. The van der Waals surface area contributed by atoms with Crippen molar-refractivity contribution in [1.29, 1.82) is 0 Å². The molecule has 3 N–H and O–H groups in total. The van der Waals surface area contributed by atoms with Gasteiger partial charge in [-0.25, -0.2) is 5.43 Å². The first kappa shape index (κ1) is 19.6. The molecule has 138 valence electrons. The van der Waals surface area contributed by atoms with Crippen molar-refractivity contribution >= 4 is 33.7 Å². The van der Waals surface area contributed by atoms with Crippen molar-refractivity contribution in [3.05, 3.63) is 46.4 Å². The van der Waals surface area contributed by atoms with Gasteiger partial charge in [0.25, 0.3) is 5.91 Å². The van der Waals surface area contributed by atoms with Gasteiger partial charge in [0.1, 0.15) is 11.8 Å². The van der Waals surface area contributed by atoms with Crippen LogP contribution in [-0.4, -0.2) is 37.5 Å². The van der Waals surface area contributed by atoms with Crippen LogP contribution >= 0.6 is 15.9 Å². The molecule has 0 radical (unpaired) electrons. The van der Waals surface area contributed by atoms with Crippen LogP contribution in [0.3, 0.4) is 0 Å². The first-order chi connectivity index (χ1) is 12.4. The molecular weight excluding hydrogens is 402 g/mol. The van der Waals surface area contributed by atoms with E-state index in [4.69, 9.17) is 9.47 Å². The van der Waals surface area contributed by atoms with Gasteiger partial charge in [0.15, 0.2) is 11.5 Å². The zero-order valence-corrected chi connectivity index (χ0v) is 16.2. The molecule has 0 unspecified atom stereocenters. The number of methoxy groups -OCH3 is 2. The summed E-state index contributed by atoms with van der Waals surface area (Å²) in [6.45, 7) is 1.72. The van der Waals surface area contributed by atoms with Crippen LogP contribution in [0.1, 0.15) is 12.5 Å². The molecule has 2 rings (SSSR count). The first-order valence-corrected chi connectivity index (χ1v) is 8.54. The molecule has 0 saturated carbocycles. The van der Waals surface area contributed by atoms with Crippen molar-refractivity contribution in [2.24, 2.45) is 5.10 Å². The third kappa shape index (κ3) is 5.13.